The summed E-state index contributed by atoms with van der Waals surface area (Å²) in [5.74, 6) is -0.807. The summed E-state index contributed by atoms with van der Waals surface area (Å²) in [4.78, 5) is 12.2. The number of benzene rings is 2. The Morgan fingerprint density at radius 2 is 1.73 bits per heavy atom. The van der Waals surface area contributed by atoms with Gasteiger partial charge in [-0.05, 0) is 17.7 Å². The van der Waals surface area contributed by atoms with Gasteiger partial charge in [0.25, 0.3) is 5.91 Å². The molecule has 0 heterocycles. The van der Waals surface area contributed by atoms with Gasteiger partial charge in [0.2, 0.25) is 0 Å². The molecule has 0 aliphatic carbocycles. The van der Waals surface area contributed by atoms with Crippen LogP contribution in [-0.2, 0) is 0 Å². The van der Waals surface area contributed by atoms with Crippen LogP contribution in [0, 0.1) is 0 Å². The van der Waals surface area contributed by atoms with Crippen LogP contribution in [0.25, 0.3) is 0 Å². The third-order valence-corrected chi connectivity index (χ3v) is 3.04. The average molecular weight is 307 g/mol. The number of rotatable bonds is 6. The molecular weight excluding hydrogens is 292 g/mol. The zero-order valence-electron chi connectivity index (χ0n) is 11.6. The predicted molar refractivity (Wildman–Crippen MR) is 76.8 cm³/mol. The van der Waals surface area contributed by atoms with Crippen LogP contribution in [0.2, 0.25) is 0 Å². The lowest BCUT2D eigenvalue weighted by Crippen LogP contribution is -2.31. The van der Waals surface area contributed by atoms with Crippen LogP contribution >= 0.6 is 0 Å². The predicted octanol–water partition coefficient (Wildman–Crippen LogP) is 2.75. The minimum absolute atomic E-state index is 0.0165. The van der Waals surface area contributed by atoms with E-state index in [1.807, 2.05) is 6.07 Å². The van der Waals surface area contributed by atoms with E-state index in [0.717, 1.165) is 0 Å². The van der Waals surface area contributed by atoms with E-state index in [2.05, 4.69) is 10.1 Å². The second-order valence-electron chi connectivity index (χ2n) is 4.49. The zero-order chi connectivity index (χ0) is 15.9. The van der Waals surface area contributed by atoms with E-state index in [1.165, 1.54) is 18.2 Å². The van der Waals surface area contributed by atoms with Gasteiger partial charge in [0.15, 0.2) is 0 Å². The molecule has 0 aromatic heterocycles. The maximum atomic E-state index is 12.4. The van der Waals surface area contributed by atoms with E-state index in [0.29, 0.717) is 5.56 Å². The minimum atomic E-state index is -3.02. The summed E-state index contributed by atoms with van der Waals surface area (Å²) in [6.07, 6.45) is 0. The smallest absolute Gasteiger partial charge is 0.387 e. The second kappa shape index (κ2) is 7.51. The monoisotopic (exact) mass is 307 g/mol. The number of carbonyl (C=O) groups is 1. The van der Waals surface area contributed by atoms with E-state index < -0.39 is 18.6 Å². The Balaban J connectivity index is 2.18. The number of amides is 1. The molecule has 4 nitrogen and oxygen atoms in total. The van der Waals surface area contributed by atoms with Crippen LogP contribution in [0.1, 0.15) is 22.0 Å². The van der Waals surface area contributed by atoms with Crippen molar-refractivity contribution < 1.29 is 23.4 Å². The highest BCUT2D eigenvalue weighted by Gasteiger charge is 2.19. The van der Waals surface area contributed by atoms with Crippen molar-refractivity contribution >= 4 is 5.91 Å². The molecule has 6 heteroatoms. The standard InChI is InChI=1S/C16H15F2NO3/c17-16(18)22-14-9-5-4-8-12(14)15(21)19-13(10-20)11-6-2-1-3-7-11/h1-9,13,16,20H,10H2,(H,19,21)/t13-/m1/s1. The highest BCUT2D eigenvalue weighted by molar-refractivity contribution is 5.97. The average Bonchev–Trinajstić information content (AvgIpc) is 2.53. The highest BCUT2D eigenvalue weighted by Crippen LogP contribution is 2.21. The van der Waals surface area contributed by atoms with Gasteiger partial charge in [0, 0.05) is 0 Å². The molecule has 0 saturated carbocycles. The zero-order valence-corrected chi connectivity index (χ0v) is 11.6. The highest BCUT2D eigenvalue weighted by atomic mass is 19.3. The van der Waals surface area contributed by atoms with Crippen molar-refractivity contribution in [1.82, 2.24) is 5.32 Å². The second-order valence-corrected chi connectivity index (χ2v) is 4.49. The molecule has 0 radical (unpaired) electrons. The molecule has 0 saturated heterocycles. The number of hydrogen-bond donors (Lipinski definition) is 2. The molecule has 2 rings (SSSR count). The SMILES string of the molecule is O=C(N[C@H](CO)c1ccccc1)c1ccccc1OC(F)F. The largest absolute Gasteiger partial charge is 0.434 e. The van der Waals surface area contributed by atoms with Crippen LogP contribution in [0.5, 0.6) is 5.75 Å². The van der Waals surface area contributed by atoms with Gasteiger partial charge in [0.1, 0.15) is 5.75 Å². The van der Waals surface area contributed by atoms with Crippen LogP contribution in [0.15, 0.2) is 54.6 Å². The normalized spacial score (nSPS) is 12.0. The molecule has 0 bridgehead atoms. The van der Waals surface area contributed by atoms with E-state index in [9.17, 15) is 18.7 Å². The third kappa shape index (κ3) is 4.02. The van der Waals surface area contributed by atoms with Crippen molar-refractivity contribution in [2.75, 3.05) is 6.61 Å². The number of halogens is 2. The topological polar surface area (TPSA) is 58.6 Å². The Morgan fingerprint density at radius 1 is 1.09 bits per heavy atom. The molecule has 1 atom stereocenters. The molecule has 2 aromatic rings. The van der Waals surface area contributed by atoms with E-state index in [4.69, 9.17) is 0 Å². The Bertz CT molecular complexity index is 620. The van der Waals surface area contributed by atoms with E-state index in [1.54, 1.807) is 30.3 Å². The first kappa shape index (κ1) is 15.9. The summed E-state index contributed by atoms with van der Waals surface area (Å²) < 4.78 is 29.1. The van der Waals surface area contributed by atoms with Gasteiger partial charge >= 0.3 is 6.61 Å². The number of para-hydroxylation sites is 1. The lowest BCUT2D eigenvalue weighted by atomic mass is 10.1. The summed E-state index contributed by atoms with van der Waals surface area (Å²) in [7, 11) is 0. The van der Waals surface area contributed by atoms with Gasteiger partial charge in [-0.1, -0.05) is 42.5 Å². The van der Waals surface area contributed by atoms with Crippen LogP contribution in [0.4, 0.5) is 8.78 Å². The summed E-state index contributed by atoms with van der Waals surface area (Å²) in [6.45, 7) is -3.33. The molecule has 2 aromatic carbocycles. The molecule has 0 aliphatic rings. The molecule has 0 unspecified atom stereocenters. The van der Waals surface area contributed by atoms with Crippen molar-refractivity contribution in [3.63, 3.8) is 0 Å². The van der Waals surface area contributed by atoms with Gasteiger partial charge in [0.05, 0.1) is 18.2 Å². The quantitative estimate of drug-likeness (QED) is 0.863. The van der Waals surface area contributed by atoms with Crippen molar-refractivity contribution in [2.45, 2.75) is 12.7 Å². The van der Waals surface area contributed by atoms with Crippen LogP contribution < -0.4 is 10.1 Å². The first-order valence-corrected chi connectivity index (χ1v) is 6.62. The number of alkyl halides is 2. The molecule has 116 valence electrons. The summed E-state index contributed by atoms with van der Waals surface area (Å²) in [5.41, 5.74) is 0.697. The van der Waals surface area contributed by atoms with Crippen molar-refractivity contribution in [3.8, 4) is 5.75 Å². The Kier molecular flexibility index (Phi) is 5.43. The lowest BCUT2D eigenvalue weighted by Gasteiger charge is -2.18. The van der Waals surface area contributed by atoms with Crippen LogP contribution in [0.3, 0.4) is 0 Å². The Morgan fingerprint density at radius 3 is 2.36 bits per heavy atom. The number of aliphatic hydroxyl groups is 1. The molecule has 0 fully saturated rings. The number of carbonyl (C=O) groups excluding carboxylic acids is 1. The van der Waals surface area contributed by atoms with E-state index in [-0.39, 0.29) is 17.9 Å². The molecular formula is C16H15F2NO3. The minimum Gasteiger partial charge on any atom is -0.434 e. The summed E-state index contributed by atoms with van der Waals surface area (Å²) in [6, 6.07) is 13.9. The first-order valence-electron chi connectivity index (χ1n) is 6.62. The Labute approximate surface area is 126 Å². The summed E-state index contributed by atoms with van der Waals surface area (Å²) >= 11 is 0. The van der Waals surface area contributed by atoms with E-state index >= 15 is 0 Å². The molecule has 2 N–H and O–H groups in total. The fourth-order valence-corrected chi connectivity index (χ4v) is 2.01. The van der Waals surface area contributed by atoms with Crippen molar-refractivity contribution in [1.29, 1.82) is 0 Å². The molecule has 0 spiro atoms. The van der Waals surface area contributed by atoms with Crippen molar-refractivity contribution in [3.05, 3.63) is 65.7 Å². The fourth-order valence-electron chi connectivity index (χ4n) is 2.01. The third-order valence-electron chi connectivity index (χ3n) is 3.04. The Hall–Kier alpha value is -2.47. The number of ether oxygens (including phenoxy) is 1. The molecule has 22 heavy (non-hydrogen) atoms. The number of hydrogen-bond acceptors (Lipinski definition) is 3. The number of aliphatic hydroxyl groups excluding tert-OH is 1. The maximum Gasteiger partial charge on any atom is 0.387 e. The molecule has 0 aliphatic heterocycles. The molecule has 1 amide bonds. The summed E-state index contributed by atoms with van der Waals surface area (Å²) in [5, 5.41) is 12.0. The van der Waals surface area contributed by atoms with Gasteiger partial charge in [-0.3, -0.25) is 4.79 Å². The van der Waals surface area contributed by atoms with Crippen LogP contribution in [-0.4, -0.2) is 24.2 Å². The fraction of sp³-hybridized carbons (Fsp3) is 0.188. The van der Waals surface area contributed by atoms with Crippen molar-refractivity contribution in [2.24, 2.45) is 0 Å². The van der Waals surface area contributed by atoms with Gasteiger partial charge in [-0.2, -0.15) is 8.78 Å². The van der Waals surface area contributed by atoms with Gasteiger partial charge in [-0.25, -0.2) is 0 Å². The first-order chi connectivity index (χ1) is 10.6. The van der Waals surface area contributed by atoms with Gasteiger partial charge in [-0.15, -0.1) is 0 Å². The van der Waals surface area contributed by atoms with Gasteiger partial charge < -0.3 is 15.2 Å². The maximum absolute atomic E-state index is 12.4. The number of nitrogens with one attached hydrogen (secondary N) is 1. The lowest BCUT2D eigenvalue weighted by molar-refractivity contribution is -0.0501.